The molecule has 0 aliphatic heterocycles. The minimum absolute atomic E-state index is 0.0438. The number of nitrogens with zero attached hydrogens (tertiary/aromatic N) is 1. The van der Waals surface area contributed by atoms with E-state index in [2.05, 4.69) is 10.9 Å². The van der Waals surface area contributed by atoms with Crippen molar-refractivity contribution >= 4 is 22.9 Å². The quantitative estimate of drug-likeness (QED) is 0.610. The average Bonchev–Trinajstić information content (AvgIpc) is 2.70. The predicted molar refractivity (Wildman–Crippen MR) is 46.9 cm³/mol. The van der Waals surface area contributed by atoms with Crippen LogP contribution in [0.3, 0.4) is 0 Å². The van der Waals surface area contributed by atoms with Crippen LogP contribution < -0.4 is 0 Å². The number of halogens is 1. The van der Waals surface area contributed by atoms with Crippen LogP contribution in [0.2, 0.25) is 5.15 Å². The number of thiazole rings is 1. The highest BCUT2D eigenvalue weighted by molar-refractivity contribution is 7.10. The maximum absolute atomic E-state index is 5.68. The van der Waals surface area contributed by atoms with Gasteiger partial charge in [-0.15, -0.1) is 17.8 Å². The molecular formula is C8H6ClNS. The lowest BCUT2D eigenvalue weighted by molar-refractivity contribution is 0.910. The molecule has 0 bridgehead atoms. The van der Waals surface area contributed by atoms with Crippen molar-refractivity contribution in [2.75, 3.05) is 0 Å². The highest BCUT2D eigenvalue weighted by Gasteiger charge is 2.45. The van der Waals surface area contributed by atoms with Crippen LogP contribution in [0.1, 0.15) is 17.8 Å². The average molecular weight is 184 g/mol. The molecule has 1 heterocycles. The van der Waals surface area contributed by atoms with Gasteiger partial charge in [0.1, 0.15) is 10.2 Å². The molecule has 0 atom stereocenters. The van der Waals surface area contributed by atoms with Crippen LogP contribution >= 0.6 is 22.9 Å². The summed E-state index contributed by atoms with van der Waals surface area (Å²) in [6, 6.07) is 0. The molecule has 0 aromatic carbocycles. The van der Waals surface area contributed by atoms with Crippen molar-refractivity contribution in [3.63, 3.8) is 0 Å². The lowest BCUT2D eigenvalue weighted by Crippen LogP contribution is -2.00. The van der Waals surface area contributed by atoms with Crippen LogP contribution in [-0.4, -0.2) is 4.98 Å². The van der Waals surface area contributed by atoms with Crippen molar-refractivity contribution in [1.29, 1.82) is 0 Å². The zero-order valence-corrected chi connectivity index (χ0v) is 7.37. The Kier molecular flexibility index (Phi) is 1.45. The first-order valence-electron chi connectivity index (χ1n) is 3.36. The Morgan fingerprint density at radius 2 is 2.45 bits per heavy atom. The van der Waals surface area contributed by atoms with E-state index in [4.69, 9.17) is 18.0 Å². The third kappa shape index (κ3) is 1.05. The van der Waals surface area contributed by atoms with Gasteiger partial charge in [0.2, 0.25) is 0 Å². The molecule has 1 saturated carbocycles. The summed E-state index contributed by atoms with van der Waals surface area (Å²) < 4.78 is 0. The summed E-state index contributed by atoms with van der Waals surface area (Å²) in [5.74, 6) is 2.77. The normalized spacial score (nSPS) is 19.3. The monoisotopic (exact) mass is 183 g/mol. The van der Waals surface area contributed by atoms with Crippen molar-refractivity contribution in [3.05, 3.63) is 15.5 Å². The van der Waals surface area contributed by atoms with E-state index in [0.29, 0.717) is 5.15 Å². The van der Waals surface area contributed by atoms with E-state index in [9.17, 15) is 0 Å². The maximum Gasteiger partial charge on any atom is 0.140 e. The van der Waals surface area contributed by atoms with Crippen LogP contribution in [-0.2, 0) is 5.41 Å². The standard InChI is InChI=1S/C8H6ClNS/c1-2-8(3-4-8)7-10-6(9)5-11-7/h1,5H,3-4H2. The molecule has 0 amide bonds. The Morgan fingerprint density at radius 1 is 1.73 bits per heavy atom. The van der Waals surface area contributed by atoms with E-state index in [1.165, 1.54) is 0 Å². The second-order valence-electron chi connectivity index (χ2n) is 2.70. The molecule has 0 N–H and O–H groups in total. The molecule has 1 fully saturated rings. The summed E-state index contributed by atoms with van der Waals surface area (Å²) in [6.45, 7) is 0. The number of hydrogen-bond donors (Lipinski definition) is 0. The Balaban J connectivity index is 2.38. The Hall–Kier alpha value is -0.520. The van der Waals surface area contributed by atoms with E-state index >= 15 is 0 Å². The van der Waals surface area contributed by atoms with Gasteiger partial charge in [0.25, 0.3) is 0 Å². The second-order valence-corrected chi connectivity index (χ2v) is 3.95. The van der Waals surface area contributed by atoms with Gasteiger partial charge in [-0.25, -0.2) is 4.98 Å². The molecule has 1 nitrogen and oxygen atoms in total. The van der Waals surface area contributed by atoms with Crippen LogP contribution in [0.15, 0.2) is 5.38 Å². The van der Waals surface area contributed by atoms with Crippen LogP contribution in [0.25, 0.3) is 0 Å². The SMILES string of the molecule is C#CC1(c2nc(Cl)cs2)CC1. The molecule has 11 heavy (non-hydrogen) atoms. The molecular weight excluding hydrogens is 178 g/mol. The number of rotatable bonds is 1. The van der Waals surface area contributed by atoms with E-state index < -0.39 is 0 Å². The molecule has 0 unspecified atom stereocenters. The largest absolute Gasteiger partial charge is 0.228 e. The van der Waals surface area contributed by atoms with Gasteiger partial charge in [0, 0.05) is 5.38 Å². The van der Waals surface area contributed by atoms with E-state index in [-0.39, 0.29) is 5.41 Å². The molecule has 2 rings (SSSR count). The lowest BCUT2D eigenvalue weighted by Gasteiger charge is -1.99. The van der Waals surface area contributed by atoms with E-state index in [1.54, 1.807) is 11.3 Å². The molecule has 0 saturated heterocycles. The maximum atomic E-state index is 5.68. The summed E-state index contributed by atoms with van der Waals surface area (Å²) in [5.41, 5.74) is -0.0438. The molecule has 3 heteroatoms. The van der Waals surface area contributed by atoms with Gasteiger partial charge in [-0.1, -0.05) is 17.5 Å². The number of terminal acetylenes is 1. The van der Waals surface area contributed by atoms with Gasteiger partial charge < -0.3 is 0 Å². The lowest BCUT2D eigenvalue weighted by atomic mass is 10.1. The summed E-state index contributed by atoms with van der Waals surface area (Å²) in [4.78, 5) is 4.16. The van der Waals surface area contributed by atoms with Gasteiger partial charge in [0.15, 0.2) is 0 Å². The zero-order chi connectivity index (χ0) is 7.90. The minimum Gasteiger partial charge on any atom is -0.228 e. The van der Waals surface area contributed by atoms with Gasteiger partial charge in [-0.2, -0.15) is 0 Å². The number of aromatic nitrogens is 1. The minimum atomic E-state index is -0.0438. The summed E-state index contributed by atoms with van der Waals surface area (Å²) in [7, 11) is 0. The zero-order valence-electron chi connectivity index (χ0n) is 5.80. The summed E-state index contributed by atoms with van der Waals surface area (Å²) >= 11 is 7.24. The van der Waals surface area contributed by atoms with Gasteiger partial charge in [-0.05, 0) is 12.8 Å². The molecule has 0 radical (unpaired) electrons. The van der Waals surface area contributed by atoms with Crippen LogP contribution in [0.5, 0.6) is 0 Å². The first kappa shape index (κ1) is 7.15. The molecule has 1 aromatic heterocycles. The van der Waals surface area contributed by atoms with Crippen molar-refractivity contribution < 1.29 is 0 Å². The molecule has 56 valence electrons. The first-order chi connectivity index (χ1) is 5.27. The highest BCUT2D eigenvalue weighted by atomic mass is 35.5. The smallest absolute Gasteiger partial charge is 0.140 e. The Bertz CT molecular complexity index is 319. The number of hydrogen-bond acceptors (Lipinski definition) is 2. The first-order valence-corrected chi connectivity index (χ1v) is 4.62. The van der Waals surface area contributed by atoms with Crippen molar-refractivity contribution in [3.8, 4) is 12.3 Å². The topological polar surface area (TPSA) is 12.9 Å². The van der Waals surface area contributed by atoms with Crippen molar-refractivity contribution in [2.45, 2.75) is 18.3 Å². The van der Waals surface area contributed by atoms with Crippen LogP contribution in [0.4, 0.5) is 0 Å². The fraction of sp³-hybridized carbons (Fsp3) is 0.375. The fourth-order valence-electron chi connectivity index (χ4n) is 1.02. The highest BCUT2D eigenvalue weighted by Crippen LogP contribution is 2.48. The van der Waals surface area contributed by atoms with Crippen molar-refractivity contribution in [1.82, 2.24) is 4.98 Å². The third-order valence-corrected chi connectivity index (χ3v) is 3.28. The molecule has 1 aliphatic rings. The summed E-state index contributed by atoms with van der Waals surface area (Å²) in [6.07, 6.45) is 7.51. The second kappa shape index (κ2) is 2.23. The van der Waals surface area contributed by atoms with Gasteiger partial charge in [-0.3, -0.25) is 0 Å². The Labute approximate surface area is 74.4 Å². The van der Waals surface area contributed by atoms with Gasteiger partial charge >= 0.3 is 0 Å². The molecule has 1 aromatic rings. The summed E-state index contributed by atoms with van der Waals surface area (Å²) in [5, 5.41) is 3.39. The third-order valence-electron chi connectivity index (χ3n) is 1.91. The van der Waals surface area contributed by atoms with E-state index in [0.717, 1.165) is 17.8 Å². The molecule has 0 spiro atoms. The van der Waals surface area contributed by atoms with E-state index in [1.807, 2.05) is 5.38 Å². The fourth-order valence-corrected chi connectivity index (χ4v) is 2.19. The van der Waals surface area contributed by atoms with Crippen molar-refractivity contribution in [2.24, 2.45) is 0 Å². The van der Waals surface area contributed by atoms with Gasteiger partial charge in [0.05, 0.1) is 5.41 Å². The Morgan fingerprint density at radius 3 is 2.82 bits per heavy atom. The molecule has 1 aliphatic carbocycles. The van der Waals surface area contributed by atoms with Crippen LogP contribution in [0, 0.1) is 12.3 Å². The predicted octanol–water partition coefficient (Wildman–Crippen LogP) is 2.46.